The van der Waals surface area contributed by atoms with Gasteiger partial charge in [0.1, 0.15) is 4.90 Å². The van der Waals surface area contributed by atoms with E-state index >= 15 is 0 Å². The number of nitrogens with zero attached hydrogens (tertiary/aromatic N) is 2. The van der Waals surface area contributed by atoms with Crippen molar-refractivity contribution in [3.05, 3.63) is 24.0 Å². The maximum atomic E-state index is 12.3. The second-order valence-corrected chi connectivity index (χ2v) is 7.02. The van der Waals surface area contributed by atoms with Gasteiger partial charge in [0.25, 0.3) is 0 Å². The van der Waals surface area contributed by atoms with E-state index in [0.717, 1.165) is 32.2 Å². The summed E-state index contributed by atoms with van der Waals surface area (Å²) >= 11 is 0. The topological polar surface area (TPSA) is 64.0 Å². The number of aryl methyl sites for hydroxylation is 1. The van der Waals surface area contributed by atoms with Gasteiger partial charge in [-0.3, -0.25) is 4.68 Å². The van der Waals surface area contributed by atoms with E-state index in [0.29, 0.717) is 0 Å². The predicted octanol–water partition coefficient (Wildman–Crippen LogP) is 2.46. The van der Waals surface area contributed by atoms with Gasteiger partial charge < -0.3 is 0 Å². The van der Waals surface area contributed by atoms with E-state index in [4.69, 9.17) is 0 Å². The molecule has 5 nitrogen and oxygen atoms in total. The highest BCUT2D eigenvalue weighted by Gasteiger charge is 2.21. The summed E-state index contributed by atoms with van der Waals surface area (Å²) < 4.78 is 29.0. The number of nitrogens with one attached hydrogen (secondary N) is 1. The molecular weight excluding hydrogens is 274 g/mol. The first-order valence-corrected chi connectivity index (χ1v) is 8.75. The Bertz CT molecular complexity index is 575. The summed E-state index contributed by atoms with van der Waals surface area (Å²) in [4.78, 5) is 0.245. The minimum atomic E-state index is -3.48. The maximum absolute atomic E-state index is 12.3. The monoisotopic (exact) mass is 297 g/mol. The third kappa shape index (κ3) is 3.70. The van der Waals surface area contributed by atoms with E-state index in [9.17, 15) is 8.42 Å². The fourth-order valence-corrected chi connectivity index (χ4v) is 3.67. The zero-order valence-corrected chi connectivity index (χ0v) is 13.0. The molecule has 1 unspecified atom stereocenters. The van der Waals surface area contributed by atoms with Crippen molar-refractivity contribution in [1.82, 2.24) is 14.5 Å². The highest BCUT2D eigenvalue weighted by Crippen LogP contribution is 2.21. The first-order valence-electron chi connectivity index (χ1n) is 7.26. The Morgan fingerprint density at radius 1 is 1.45 bits per heavy atom. The van der Waals surface area contributed by atoms with E-state index in [1.807, 2.05) is 13.8 Å². The largest absolute Gasteiger partial charge is 0.271 e. The molecule has 0 saturated heterocycles. The fraction of sp³-hybridized carbons (Fsp3) is 0.643. The average Bonchev–Trinajstić information content (AvgIpc) is 2.89. The van der Waals surface area contributed by atoms with Gasteiger partial charge in [0.15, 0.2) is 0 Å². The van der Waals surface area contributed by atoms with Crippen LogP contribution < -0.4 is 4.72 Å². The molecule has 2 rings (SSSR count). The summed E-state index contributed by atoms with van der Waals surface area (Å²) in [7, 11) is -3.48. The third-order valence-corrected chi connectivity index (χ3v) is 5.08. The van der Waals surface area contributed by atoms with E-state index in [2.05, 4.69) is 15.9 Å². The molecule has 0 amide bonds. The SMILES string of the molecule is CCCn1cc(S(=O)(=O)NC(C)C2=CCCCC2)cn1. The number of hydrogen-bond acceptors (Lipinski definition) is 3. The van der Waals surface area contributed by atoms with Crippen LogP contribution in [0.1, 0.15) is 46.0 Å². The van der Waals surface area contributed by atoms with Crippen LogP contribution in [0.3, 0.4) is 0 Å². The number of sulfonamides is 1. The van der Waals surface area contributed by atoms with Crippen LogP contribution in [-0.2, 0) is 16.6 Å². The quantitative estimate of drug-likeness (QED) is 0.820. The minimum absolute atomic E-state index is 0.144. The number of rotatable bonds is 6. The molecule has 6 heteroatoms. The van der Waals surface area contributed by atoms with Gasteiger partial charge in [-0.1, -0.05) is 18.6 Å². The molecule has 0 fully saturated rings. The number of aromatic nitrogens is 2. The van der Waals surface area contributed by atoms with Crippen molar-refractivity contribution in [3.63, 3.8) is 0 Å². The van der Waals surface area contributed by atoms with E-state index in [1.54, 1.807) is 10.9 Å². The van der Waals surface area contributed by atoms with Crippen molar-refractivity contribution < 1.29 is 8.42 Å². The van der Waals surface area contributed by atoms with Gasteiger partial charge in [0.05, 0.1) is 6.20 Å². The molecule has 112 valence electrons. The molecule has 20 heavy (non-hydrogen) atoms. The van der Waals surface area contributed by atoms with Gasteiger partial charge in [0.2, 0.25) is 10.0 Å². The Morgan fingerprint density at radius 3 is 2.90 bits per heavy atom. The molecule has 0 aromatic carbocycles. The third-order valence-electron chi connectivity index (χ3n) is 3.59. The maximum Gasteiger partial charge on any atom is 0.244 e. The molecule has 0 radical (unpaired) electrons. The normalized spacial score (nSPS) is 17.8. The van der Waals surface area contributed by atoms with Gasteiger partial charge in [0, 0.05) is 18.8 Å². The average molecular weight is 297 g/mol. The van der Waals surface area contributed by atoms with Crippen LogP contribution in [0.5, 0.6) is 0 Å². The summed E-state index contributed by atoms with van der Waals surface area (Å²) in [5.74, 6) is 0. The standard InChI is InChI=1S/C14H23N3O2S/c1-3-9-17-11-14(10-15-17)20(18,19)16-12(2)13-7-5-4-6-8-13/h7,10-12,16H,3-6,8-9H2,1-2H3. The molecular formula is C14H23N3O2S. The van der Waals surface area contributed by atoms with Crippen LogP contribution in [0.2, 0.25) is 0 Å². The second kappa shape index (κ2) is 6.54. The predicted molar refractivity (Wildman–Crippen MR) is 78.9 cm³/mol. The molecule has 1 aromatic heterocycles. The lowest BCUT2D eigenvalue weighted by atomic mass is 9.95. The van der Waals surface area contributed by atoms with E-state index in [-0.39, 0.29) is 10.9 Å². The zero-order chi connectivity index (χ0) is 14.6. The molecule has 1 atom stereocenters. The van der Waals surface area contributed by atoms with Crippen molar-refractivity contribution in [3.8, 4) is 0 Å². The molecule has 1 aromatic rings. The van der Waals surface area contributed by atoms with Gasteiger partial charge in [-0.15, -0.1) is 0 Å². The summed E-state index contributed by atoms with van der Waals surface area (Å²) in [6.07, 6.45) is 10.5. The van der Waals surface area contributed by atoms with Crippen LogP contribution in [0, 0.1) is 0 Å². The molecule has 0 aliphatic heterocycles. The summed E-state index contributed by atoms with van der Waals surface area (Å²) in [5, 5.41) is 4.07. The molecule has 1 heterocycles. The van der Waals surface area contributed by atoms with Crippen LogP contribution >= 0.6 is 0 Å². The summed E-state index contributed by atoms with van der Waals surface area (Å²) in [5.41, 5.74) is 1.20. The van der Waals surface area contributed by atoms with Crippen LogP contribution in [0.25, 0.3) is 0 Å². The first-order chi connectivity index (χ1) is 9.53. The molecule has 1 aliphatic rings. The smallest absolute Gasteiger partial charge is 0.244 e. The van der Waals surface area contributed by atoms with Gasteiger partial charge in [-0.25, -0.2) is 13.1 Å². The number of hydrogen-bond donors (Lipinski definition) is 1. The van der Waals surface area contributed by atoms with Crippen LogP contribution in [-0.4, -0.2) is 24.2 Å². The van der Waals surface area contributed by atoms with Crippen molar-refractivity contribution in [2.45, 2.75) is 63.4 Å². The lowest BCUT2D eigenvalue weighted by Gasteiger charge is -2.20. The Balaban J connectivity index is 2.07. The van der Waals surface area contributed by atoms with Crippen molar-refractivity contribution in [2.24, 2.45) is 0 Å². The Hall–Kier alpha value is -1.14. The summed E-state index contributed by atoms with van der Waals surface area (Å²) in [6, 6.07) is -0.144. The van der Waals surface area contributed by atoms with E-state index < -0.39 is 10.0 Å². The van der Waals surface area contributed by atoms with Gasteiger partial charge in [-0.05, 0) is 39.0 Å². The molecule has 1 N–H and O–H groups in total. The molecule has 0 spiro atoms. The van der Waals surface area contributed by atoms with Crippen LogP contribution in [0.4, 0.5) is 0 Å². The van der Waals surface area contributed by atoms with E-state index in [1.165, 1.54) is 18.2 Å². The zero-order valence-electron chi connectivity index (χ0n) is 12.2. The first kappa shape index (κ1) is 15.3. The Morgan fingerprint density at radius 2 is 2.25 bits per heavy atom. The second-order valence-electron chi connectivity index (χ2n) is 5.31. The molecule has 0 saturated carbocycles. The number of allylic oxidation sites excluding steroid dienone is 1. The highest BCUT2D eigenvalue weighted by molar-refractivity contribution is 7.89. The Labute approximate surface area is 121 Å². The molecule has 0 bridgehead atoms. The van der Waals surface area contributed by atoms with Gasteiger partial charge >= 0.3 is 0 Å². The molecule has 1 aliphatic carbocycles. The van der Waals surface area contributed by atoms with Gasteiger partial charge in [-0.2, -0.15) is 5.10 Å². The van der Waals surface area contributed by atoms with Crippen molar-refractivity contribution in [1.29, 1.82) is 0 Å². The minimum Gasteiger partial charge on any atom is -0.271 e. The van der Waals surface area contributed by atoms with Crippen LogP contribution in [0.15, 0.2) is 28.9 Å². The summed E-state index contributed by atoms with van der Waals surface area (Å²) in [6.45, 7) is 4.67. The lowest BCUT2D eigenvalue weighted by Crippen LogP contribution is -2.34. The van der Waals surface area contributed by atoms with Crippen molar-refractivity contribution >= 4 is 10.0 Å². The Kier molecular flexibility index (Phi) is 4.99. The highest BCUT2D eigenvalue weighted by atomic mass is 32.2. The lowest BCUT2D eigenvalue weighted by molar-refractivity contribution is 0.562. The van der Waals surface area contributed by atoms with Crippen molar-refractivity contribution in [2.75, 3.05) is 0 Å². The fourth-order valence-electron chi connectivity index (χ4n) is 2.47.